The summed E-state index contributed by atoms with van der Waals surface area (Å²) in [6.07, 6.45) is 3.30. The second kappa shape index (κ2) is 11.6. The molecule has 0 aliphatic heterocycles. The molecule has 0 unspecified atom stereocenters. The summed E-state index contributed by atoms with van der Waals surface area (Å²) < 4.78 is 10.3. The van der Waals surface area contributed by atoms with Crippen LogP contribution in [0.3, 0.4) is 0 Å². The van der Waals surface area contributed by atoms with Gasteiger partial charge in [0, 0.05) is 11.1 Å². The Balaban J connectivity index is 1.48. The van der Waals surface area contributed by atoms with Crippen LogP contribution in [-0.4, -0.2) is 35.4 Å². The molecule has 0 saturated heterocycles. The van der Waals surface area contributed by atoms with Crippen LogP contribution in [-0.2, 0) is 31.9 Å². The number of aromatic hydroxyl groups is 2. The standard InChI is InChI=1S/C22H26O6/c23-19-11-5-3-9-17(19)15-21(25)27-13-7-1-2-8-14-28-22(26)16-18-10-4-6-12-20(18)24/h3-6,9-12,23-24H,1-2,7-8,13-16H2. The van der Waals surface area contributed by atoms with E-state index in [1.165, 1.54) is 12.1 Å². The summed E-state index contributed by atoms with van der Waals surface area (Å²) in [5.74, 6) is -0.535. The first-order valence-corrected chi connectivity index (χ1v) is 9.41. The van der Waals surface area contributed by atoms with Gasteiger partial charge >= 0.3 is 11.9 Å². The van der Waals surface area contributed by atoms with E-state index < -0.39 is 0 Å². The number of rotatable bonds is 11. The highest BCUT2D eigenvalue weighted by Crippen LogP contribution is 2.17. The van der Waals surface area contributed by atoms with Crippen molar-refractivity contribution in [3.05, 3.63) is 59.7 Å². The molecule has 0 atom stereocenters. The molecule has 0 amide bonds. The monoisotopic (exact) mass is 386 g/mol. The number of phenols is 2. The average Bonchev–Trinajstić information content (AvgIpc) is 2.67. The van der Waals surface area contributed by atoms with Crippen molar-refractivity contribution in [2.24, 2.45) is 0 Å². The Bertz CT molecular complexity index is 706. The van der Waals surface area contributed by atoms with Gasteiger partial charge in [-0.05, 0) is 37.8 Å². The second-order valence-electron chi connectivity index (χ2n) is 6.47. The average molecular weight is 386 g/mol. The topological polar surface area (TPSA) is 93.1 Å². The van der Waals surface area contributed by atoms with E-state index in [4.69, 9.17) is 9.47 Å². The minimum absolute atomic E-state index is 0.0552. The zero-order chi connectivity index (χ0) is 20.2. The third-order valence-electron chi connectivity index (χ3n) is 4.22. The van der Waals surface area contributed by atoms with Crippen LogP contribution in [0.5, 0.6) is 11.5 Å². The third kappa shape index (κ3) is 7.70. The number of hydrogen-bond acceptors (Lipinski definition) is 6. The molecule has 0 aromatic heterocycles. The van der Waals surface area contributed by atoms with Crippen molar-refractivity contribution in [1.82, 2.24) is 0 Å². The Morgan fingerprint density at radius 3 is 1.43 bits per heavy atom. The maximum atomic E-state index is 11.7. The summed E-state index contributed by atoms with van der Waals surface area (Å²) in [4.78, 5) is 23.5. The number of carbonyl (C=O) groups is 2. The van der Waals surface area contributed by atoms with Gasteiger partial charge in [-0.2, -0.15) is 0 Å². The molecular weight excluding hydrogens is 360 g/mol. The van der Waals surface area contributed by atoms with Crippen molar-refractivity contribution in [3.8, 4) is 11.5 Å². The van der Waals surface area contributed by atoms with Crippen molar-refractivity contribution in [1.29, 1.82) is 0 Å². The van der Waals surface area contributed by atoms with E-state index in [2.05, 4.69) is 0 Å². The molecular formula is C22H26O6. The largest absolute Gasteiger partial charge is 0.508 e. The molecule has 0 fully saturated rings. The lowest BCUT2D eigenvalue weighted by Crippen LogP contribution is -2.10. The number of para-hydroxylation sites is 2. The van der Waals surface area contributed by atoms with Crippen molar-refractivity contribution >= 4 is 11.9 Å². The first-order valence-electron chi connectivity index (χ1n) is 9.41. The number of carbonyl (C=O) groups excluding carboxylic acids is 2. The Morgan fingerprint density at radius 2 is 1.04 bits per heavy atom. The van der Waals surface area contributed by atoms with E-state index in [9.17, 15) is 19.8 Å². The molecule has 0 spiro atoms. The molecule has 28 heavy (non-hydrogen) atoms. The molecule has 0 aliphatic rings. The van der Waals surface area contributed by atoms with Gasteiger partial charge in [0.05, 0.1) is 26.1 Å². The molecule has 150 valence electrons. The fraction of sp³-hybridized carbons (Fsp3) is 0.364. The summed E-state index contributed by atoms with van der Waals surface area (Å²) in [6.45, 7) is 0.666. The summed E-state index contributed by atoms with van der Waals surface area (Å²) in [5, 5.41) is 19.3. The molecule has 0 heterocycles. The zero-order valence-electron chi connectivity index (χ0n) is 15.8. The molecule has 0 saturated carbocycles. The molecule has 0 radical (unpaired) electrons. The molecule has 0 bridgehead atoms. The highest BCUT2D eigenvalue weighted by atomic mass is 16.5. The van der Waals surface area contributed by atoms with Crippen LogP contribution in [0, 0.1) is 0 Å². The number of phenolic OH excluding ortho intramolecular Hbond substituents is 2. The van der Waals surface area contributed by atoms with Crippen molar-refractivity contribution in [2.75, 3.05) is 13.2 Å². The summed E-state index contributed by atoms with van der Waals surface area (Å²) in [7, 11) is 0. The predicted octanol–water partition coefficient (Wildman–Crippen LogP) is 3.53. The van der Waals surface area contributed by atoms with Gasteiger partial charge in [0.1, 0.15) is 11.5 Å². The molecule has 2 aromatic rings. The third-order valence-corrected chi connectivity index (χ3v) is 4.22. The number of benzene rings is 2. The highest BCUT2D eigenvalue weighted by Gasteiger charge is 2.09. The van der Waals surface area contributed by atoms with Gasteiger partial charge in [0.15, 0.2) is 0 Å². The van der Waals surface area contributed by atoms with Crippen LogP contribution < -0.4 is 0 Å². The van der Waals surface area contributed by atoms with Crippen LogP contribution >= 0.6 is 0 Å². The first kappa shape index (κ1) is 21.3. The van der Waals surface area contributed by atoms with Crippen molar-refractivity contribution < 1.29 is 29.3 Å². The van der Waals surface area contributed by atoms with Crippen LogP contribution in [0.1, 0.15) is 36.8 Å². The van der Waals surface area contributed by atoms with Gasteiger partial charge in [0.2, 0.25) is 0 Å². The van der Waals surface area contributed by atoms with Crippen LogP contribution in [0.4, 0.5) is 0 Å². The van der Waals surface area contributed by atoms with E-state index in [1.54, 1.807) is 36.4 Å². The smallest absolute Gasteiger partial charge is 0.310 e. The molecule has 6 heteroatoms. The van der Waals surface area contributed by atoms with E-state index in [-0.39, 0.29) is 36.3 Å². The van der Waals surface area contributed by atoms with Crippen molar-refractivity contribution in [2.45, 2.75) is 38.5 Å². The Labute approximate surface area is 164 Å². The predicted molar refractivity (Wildman–Crippen MR) is 104 cm³/mol. The summed E-state index contributed by atoms with van der Waals surface area (Å²) >= 11 is 0. The fourth-order valence-corrected chi connectivity index (χ4v) is 2.66. The quantitative estimate of drug-likeness (QED) is 0.453. The van der Waals surface area contributed by atoms with Gasteiger partial charge in [-0.1, -0.05) is 36.4 Å². The molecule has 2 aromatic carbocycles. The lowest BCUT2D eigenvalue weighted by atomic mass is 10.1. The van der Waals surface area contributed by atoms with Gasteiger partial charge in [-0.25, -0.2) is 0 Å². The fourth-order valence-electron chi connectivity index (χ4n) is 2.66. The lowest BCUT2D eigenvalue weighted by molar-refractivity contribution is -0.144. The first-order chi connectivity index (χ1) is 13.6. The molecule has 2 rings (SSSR count). The summed E-state index contributed by atoms with van der Waals surface area (Å²) in [5.41, 5.74) is 1.11. The minimum atomic E-state index is -0.361. The number of ether oxygens (including phenoxy) is 2. The van der Waals surface area contributed by atoms with Gasteiger partial charge in [-0.15, -0.1) is 0 Å². The zero-order valence-corrected chi connectivity index (χ0v) is 15.8. The number of unbranched alkanes of at least 4 members (excludes halogenated alkanes) is 3. The SMILES string of the molecule is O=C(Cc1ccccc1O)OCCCCCCOC(=O)Cc1ccccc1O. The maximum Gasteiger partial charge on any atom is 0.310 e. The number of esters is 2. The van der Waals surface area contributed by atoms with Gasteiger partial charge in [-0.3, -0.25) is 9.59 Å². The van der Waals surface area contributed by atoms with Crippen LogP contribution in [0.25, 0.3) is 0 Å². The summed E-state index contributed by atoms with van der Waals surface area (Å²) in [6, 6.07) is 13.4. The Kier molecular flexibility index (Phi) is 8.85. The van der Waals surface area contributed by atoms with E-state index in [1.807, 2.05) is 0 Å². The Morgan fingerprint density at radius 1 is 0.643 bits per heavy atom. The van der Waals surface area contributed by atoms with Gasteiger partial charge in [0.25, 0.3) is 0 Å². The van der Waals surface area contributed by atoms with E-state index in [0.29, 0.717) is 24.3 Å². The molecule has 6 nitrogen and oxygen atoms in total. The van der Waals surface area contributed by atoms with E-state index in [0.717, 1.165) is 25.7 Å². The second-order valence-corrected chi connectivity index (χ2v) is 6.47. The maximum absolute atomic E-state index is 11.7. The lowest BCUT2D eigenvalue weighted by Gasteiger charge is -2.07. The normalized spacial score (nSPS) is 10.4. The van der Waals surface area contributed by atoms with Crippen molar-refractivity contribution in [3.63, 3.8) is 0 Å². The van der Waals surface area contributed by atoms with Crippen LogP contribution in [0.2, 0.25) is 0 Å². The highest BCUT2D eigenvalue weighted by molar-refractivity contribution is 5.74. The minimum Gasteiger partial charge on any atom is -0.508 e. The molecule has 2 N–H and O–H groups in total. The molecule has 0 aliphatic carbocycles. The Hall–Kier alpha value is -3.02. The van der Waals surface area contributed by atoms with Crippen LogP contribution in [0.15, 0.2) is 48.5 Å². The number of hydrogen-bond donors (Lipinski definition) is 2. The van der Waals surface area contributed by atoms with Gasteiger partial charge < -0.3 is 19.7 Å². The van der Waals surface area contributed by atoms with E-state index >= 15 is 0 Å².